The number of benzene rings is 1. The van der Waals surface area contributed by atoms with E-state index in [4.69, 9.17) is 9.47 Å². The smallest absolute Gasteiger partial charge is 0.229 e. The number of rotatable bonds is 5. The van der Waals surface area contributed by atoms with E-state index in [9.17, 15) is 9.59 Å². The van der Waals surface area contributed by atoms with Crippen LogP contribution in [0.5, 0.6) is 11.5 Å². The van der Waals surface area contributed by atoms with Gasteiger partial charge in [-0.3, -0.25) is 9.59 Å². The molecule has 6 nitrogen and oxygen atoms in total. The highest BCUT2D eigenvalue weighted by Gasteiger charge is 2.35. The normalized spacial score (nSPS) is 17.0. The Labute approximate surface area is 144 Å². The lowest BCUT2D eigenvalue weighted by molar-refractivity contribution is -0.122. The van der Waals surface area contributed by atoms with E-state index in [-0.39, 0.29) is 24.2 Å². The Kier molecular flexibility index (Phi) is 4.71. The van der Waals surface area contributed by atoms with Gasteiger partial charge in [-0.2, -0.15) is 11.3 Å². The van der Waals surface area contributed by atoms with Crippen LogP contribution in [0, 0.1) is 5.92 Å². The van der Waals surface area contributed by atoms with Gasteiger partial charge in [0, 0.05) is 30.1 Å². The average molecular weight is 346 g/mol. The summed E-state index contributed by atoms with van der Waals surface area (Å²) in [5, 5.41) is 6.60. The van der Waals surface area contributed by atoms with Crippen molar-refractivity contribution in [2.45, 2.75) is 6.42 Å². The number of methoxy groups -OCH3 is 2. The van der Waals surface area contributed by atoms with Crippen LogP contribution in [0.15, 0.2) is 35.0 Å². The van der Waals surface area contributed by atoms with E-state index in [0.717, 1.165) is 5.69 Å². The van der Waals surface area contributed by atoms with Crippen LogP contribution in [-0.2, 0) is 9.59 Å². The summed E-state index contributed by atoms with van der Waals surface area (Å²) in [5.41, 5.74) is 1.46. The number of amides is 2. The minimum atomic E-state index is -0.370. The fourth-order valence-corrected chi connectivity index (χ4v) is 3.29. The molecule has 1 fully saturated rings. The van der Waals surface area contributed by atoms with Gasteiger partial charge in [-0.1, -0.05) is 0 Å². The van der Waals surface area contributed by atoms with Gasteiger partial charge in [0.2, 0.25) is 11.8 Å². The quantitative estimate of drug-likeness (QED) is 0.904. The molecule has 1 aromatic carbocycles. The van der Waals surface area contributed by atoms with E-state index >= 15 is 0 Å². The van der Waals surface area contributed by atoms with Gasteiger partial charge in [0.15, 0.2) is 11.5 Å². The van der Waals surface area contributed by atoms with Crippen molar-refractivity contribution in [2.75, 3.05) is 31.0 Å². The first kappa shape index (κ1) is 16.3. The monoisotopic (exact) mass is 346 g/mol. The first-order valence-corrected chi connectivity index (χ1v) is 8.42. The Morgan fingerprint density at radius 3 is 2.71 bits per heavy atom. The Morgan fingerprint density at radius 1 is 1.25 bits per heavy atom. The highest BCUT2D eigenvalue weighted by atomic mass is 32.1. The summed E-state index contributed by atoms with van der Waals surface area (Å²) in [6.45, 7) is 0.351. The molecule has 0 aliphatic carbocycles. The SMILES string of the molecule is COc1ccc(N2C[C@H](C(=O)Nc3ccsc3)CC2=O)cc1OC. The Balaban J connectivity index is 1.74. The minimum Gasteiger partial charge on any atom is -0.493 e. The van der Waals surface area contributed by atoms with Crippen molar-refractivity contribution < 1.29 is 19.1 Å². The largest absolute Gasteiger partial charge is 0.493 e. The highest BCUT2D eigenvalue weighted by molar-refractivity contribution is 7.08. The molecular weight excluding hydrogens is 328 g/mol. The number of nitrogens with zero attached hydrogens (tertiary/aromatic N) is 1. The molecule has 1 N–H and O–H groups in total. The standard InChI is InChI=1S/C17H18N2O4S/c1-22-14-4-3-13(8-15(14)23-2)19-9-11(7-16(19)20)17(21)18-12-5-6-24-10-12/h3-6,8,10-11H,7,9H2,1-2H3,(H,18,21)/t11-/m1/s1. The zero-order chi connectivity index (χ0) is 17.1. The van der Waals surface area contributed by atoms with Gasteiger partial charge >= 0.3 is 0 Å². The van der Waals surface area contributed by atoms with Crippen LogP contribution in [-0.4, -0.2) is 32.6 Å². The second kappa shape index (κ2) is 6.92. The van der Waals surface area contributed by atoms with Crippen LogP contribution >= 0.6 is 11.3 Å². The second-order valence-corrected chi connectivity index (χ2v) is 6.23. The van der Waals surface area contributed by atoms with Crippen LogP contribution in [0.2, 0.25) is 0 Å². The molecule has 0 unspecified atom stereocenters. The van der Waals surface area contributed by atoms with E-state index in [1.165, 1.54) is 11.3 Å². The van der Waals surface area contributed by atoms with Gasteiger partial charge in [-0.15, -0.1) is 0 Å². The lowest BCUT2D eigenvalue weighted by Crippen LogP contribution is -2.28. The van der Waals surface area contributed by atoms with Gasteiger partial charge in [0.1, 0.15) is 0 Å². The number of hydrogen-bond donors (Lipinski definition) is 1. The number of carbonyl (C=O) groups excluding carboxylic acids is 2. The molecule has 126 valence electrons. The molecular formula is C17H18N2O4S. The predicted molar refractivity (Wildman–Crippen MR) is 93.0 cm³/mol. The molecule has 1 saturated heterocycles. The number of carbonyl (C=O) groups is 2. The van der Waals surface area contributed by atoms with Crippen LogP contribution in [0.4, 0.5) is 11.4 Å². The number of hydrogen-bond acceptors (Lipinski definition) is 5. The summed E-state index contributed by atoms with van der Waals surface area (Å²) in [4.78, 5) is 26.3. The van der Waals surface area contributed by atoms with Crippen LogP contribution in [0.1, 0.15) is 6.42 Å². The van der Waals surface area contributed by atoms with Gasteiger partial charge < -0.3 is 19.7 Å². The molecule has 0 radical (unpaired) electrons. The van der Waals surface area contributed by atoms with Crippen LogP contribution in [0.25, 0.3) is 0 Å². The van der Waals surface area contributed by atoms with Crippen molar-refractivity contribution in [3.8, 4) is 11.5 Å². The van der Waals surface area contributed by atoms with Gasteiger partial charge in [0.25, 0.3) is 0 Å². The maximum atomic E-state index is 12.3. The number of ether oxygens (including phenoxy) is 2. The minimum absolute atomic E-state index is 0.0762. The highest BCUT2D eigenvalue weighted by Crippen LogP contribution is 2.34. The Bertz CT molecular complexity index is 745. The predicted octanol–water partition coefficient (Wildman–Crippen LogP) is 2.76. The molecule has 0 saturated carbocycles. The van der Waals surface area contributed by atoms with E-state index in [0.29, 0.717) is 23.7 Å². The Morgan fingerprint density at radius 2 is 2.04 bits per heavy atom. The average Bonchev–Trinajstić information content (AvgIpc) is 3.23. The van der Waals surface area contributed by atoms with Gasteiger partial charge in [0.05, 0.1) is 25.8 Å². The van der Waals surface area contributed by atoms with Gasteiger partial charge in [-0.05, 0) is 23.6 Å². The first-order valence-electron chi connectivity index (χ1n) is 7.48. The molecule has 2 aromatic rings. The molecule has 2 heterocycles. The molecule has 0 spiro atoms. The molecule has 1 atom stereocenters. The molecule has 2 amide bonds. The number of anilines is 2. The third-order valence-electron chi connectivity index (χ3n) is 3.96. The number of nitrogens with one attached hydrogen (secondary N) is 1. The van der Waals surface area contributed by atoms with Crippen molar-refractivity contribution >= 4 is 34.5 Å². The fourth-order valence-electron chi connectivity index (χ4n) is 2.71. The maximum absolute atomic E-state index is 12.3. The maximum Gasteiger partial charge on any atom is 0.229 e. The van der Waals surface area contributed by atoms with Crippen molar-refractivity contribution in [3.05, 3.63) is 35.0 Å². The second-order valence-electron chi connectivity index (χ2n) is 5.45. The lowest BCUT2D eigenvalue weighted by Gasteiger charge is -2.18. The molecule has 7 heteroatoms. The summed E-state index contributed by atoms with van der Waals surface area (Å²) >= 11 is 1.51. The number of thiophene rings is 1. The topological polar surface area (TPSA) is 67.9 Å². The van der Waals surface area contributed by atoms with Crippen molar-refractivity contribution in [1.82, 2.24) is 0 Å². The fraction of sp³-hybridized carbons (Fsp3) is 0.294. The summed E-state index contributed by atoms with van der Waals surface area (Å²) in [7, 11) is 3.11. The van der Waals surface area contributed by atoms with Crippen molar-refractivity contribution in [2.24, 2.45) is 5.92 Å². The molecule has 1 aliphatic rings. The zero-order valence-electron chi connectivity index (χ0n) is 13.4. The summed E-state index contributed by atoms with van der Waals surface area (Å²) in [6, 6.07) is 7.12. The molecule has 24 heavy (non-hydrogen) atoms. The summed E-state index contributed by atoms with van der Waals surface area (Å²) in [5.74, 6) is 0.566. The third kappa shape index (κ3) is 3.21. The molecule has 0 bridgehead atoms. The van der Waals surface area contributed by atoms with Crippen molar-refractivity contribution in [3.63, 3.8) is 0 Å². The van der Waals surface area contributed by atoms with Gasteiger partial charge in [-0.25, -0.2) is 0 Å². The van der Waals surface area contributed by atoms with E-state index in [1.807, 2.05) is 16.8 Å². The van der Waals surface area contributed by atoms with Crippen LogP contribution in [0.3, 0.4) is 0 Å². The summed E-state index contributed by atoms with van der Waals surface area (Å²) in [6.07, 6.45) is 0.199. The van der Waals surface area contributed by atoms with E-state index in [1.54, 1.807) is 37.3 Å². The third-order valence-corrected chi connectivity index (χ3v) is 4.65. The Hall–Kier alpha value is -2.54. The van der Waals surface area contributed by atoms with E-state index < -0.39 is 0 Å². The zero-order valence-corrected chi connectivity index (χ0v) is 14.3. The molecule has 3 rings (SSSR count). The van der Waals surface area contributed by atoms with Crippen LogP contribution < -0.4 is 19.7 Å². The first-order chi connectivity index (χ1) is 11.6. The molecule has 1 aromatic heterocycles. The lowest BCUT2D eigenvalue weighted by atomic mass is 10.1. The van der Waals surface area contributed by atoms with E-state index in [2.05, 4.69) is 5.32 Å². The summed E-state index contributed by atoms with van der Waals surface area (Å²) < 4.78 is 10.5. The molecule has 1 aliphatic heterocycles. The van der Waals surface area contributed by atoms with Crippen molar-refractivity contribution in [1.29, 1.82) is 0 Å².